The standard InChI is InChI=1S/C13H14NO.C6H6O3S/c1-15-13-7-5-12(6-8-13)11-14-9-3-2-4-10-14;7-10(8,9)6-4-2-1-3-5-6/h2-10H,11H2,1H3;1-5H,(H,7,8,9)/q+1;/p-1. The van der Waals surface area contributed by atoms with Crippen molar-refractivity contribution in [2.24, 2.45) is 0 Å². The molecule has 0 fully saturated rings. The maximum absolute atomic E-state index is 10.3. The molecule has 0 atom stereocenters. The predicted molar refractivity (Wildman–Crippen MR) is 93.1 cm³/mol. The molecule has 0 bridgehead atoms. The second-order valence-corrected chi connectivity index (χ2v) is 6.54. The van der Waals surface area contributed by atoms with Gasteiger partial charge in [0.25, 0.3) is 0 Å². The molecule has 3 aromatic rings. The van der Waals surface area contributed by atoms with E-state index >= 15 is 0 Å². The molecule has 0 aliphatic heterocycles. The Kier molecular flexibility index (Phi) is 6.68. The first kappa shape index (κ1) is 18.6. The van der Waals surface area contributed by atoms with Crippen LogP contribution < -0.4 is 9.30 Å². The van der Waals surface area contributed by atoms with E-state index in [2.05, 4.69) is 29.1 Å². The van der Waals surface area contributed by atoms with Gasteiger partial charge in [0.2, 0.25) is 0 Å². The Hall–Kier alpha value is -2.70. The van der Waals surface area contributed by atoms with Gasteiger partial charge in [-0.1, -0.05) is 24.3 Å². The van der Waals surface area contributed by atoms with Gasteiger partial charge in [-0.05, 0) is 36.4 Å². The number of benzene rings is 2. The molecule has 1 aromatic heterocycles. The van der Waals surface area contributed by atoms with Crippen LogP contribution in [-0.4, -0.2) is 20.1 Å². The predicted octanol–water partition coefficient (Wildman–Crippen LogP) is 2.62. The number of rotatable bonds is 4. The average Bonchev–Trinajstić information content (AvgIpc) is 2.64. The minimum absolute atomic E-state index is 0.185. The first-order chi connectivity index (χ1) is 12.0. The van der Waals surface area contributed by atoms with Gasteiger partial charge in [0.1, 0.15) is 15.9 Å². The van der Waals surface area contributed by atoms with Crippen molar-refractivity contribution < 1.29 is 22.3 Å². The van der Waals surface area contributed by atoms with Gasteiger partial charge in [-0.2, -0.15) is 0 Å². The van der Waals surface area contributed by atoms with Crippen LogP contribution >= 0.6 is 0 Å². The number of ether oxygens (including phenoxy) is 1. The Morgan fingerprint density at radius 1 is 0.880 bits per heavy atom. The van der Waals surface area contributed by atoms with Crippen molar-refractivity contribution in [3.8, 4) is 5.75 Å². The molecule has 0 spiro atoms. The normalized spacial score (nSPS) is 10.5. The Balaban J connectivity index is 0.000000196. The number of pyridine rings is 1. The second kappa shape index (κ2) is 8.96. The fourth-order valence-electron chi connectivity index (χ4n) is 2.07. The van der Waals surface area contributed by atoms with Crippen molar-refractivity contribution in [1.29, 1.82) is 0 Å². The first-order valence-electron chi connectivity index (χ1n) is 7.57. The molecule has 1 heterocycles. The van der Waals surface area contributed by atoms with E-state index in [1.165, 1.54) is 29.8 Å². The van der Waals surface area contributed by atoms with Gasteiger partial charge in [0.05, 0.1) is 12.0 Å². The molecule has 0 aliphatic carbocycles. The number of hydrogen-bond donors (Lipinski definition) is 0. The summed E-state index contributed by atoms with van der Waals surface area (Å²) in [5, 5.41) is 0. The second-order valence-electron chi connectivity index (χ2n) is 5.16. The lowest BCUT2D eigenvalue weighted by Crippen LogP contribution is -2.32. The van der Waals surface area contributed by atoms with E-state index in [1.807, 2.05) is 30.3 Å². The summed E-state index contributed by atoms with van der Waals surface area (Å²) in [4.78, 5) is -0.185. The van der Waals surface area contributed by atoms with Crippen molar-refractivity contribution in [1.82, 2.24) is 0 Å². The summed E-state index contributed by atoms with van der Waals surface area (Å²) in [5.41, 5.74) is 1.27. The molecule has 130 valence electrons. The molecular weight excluding hydrogens is 338 g/mol. The third-order valence-electron chi connectivity index (χ3n) is 3.33. The van der Waals surface area contributed by atoms with Gasteiger partial charge in [0.15, 0.2) is 18.9 Å². The molecule has 3 rings (SSSR count). The van der Waals surface area contributed by atoms with Gasteiger partial charge >= 0.3 is 0 Å². The van der Waals surface area contributed by atoms with Crippen LogP contribution in [0.2, 0.25) is 0 Å². The van der Waals surface area contributed by atoms with E-state index in [4.69, 9.17) is 4.74 Å². The summed E-state index contributed by atoms with van der Waals surface area (Å²) in [6.07, 6.45) is 4.12. The Bertz CT molecular complexity index is 864. The van der Waals surface area contributed by atoms with Gasteiger partial charge in [0, 0.05) is 17.7 Å². The maximum Gasteiger partial charge on any atom is 0.173 e. The number of methoxy groups -OCH3 is 1. The van der Waals surface area contributed by atoms with Crippen molar-refractivity contribution in [3.63, 3.8) is 0 Å². The quantitative estimate of drug-likeness (QED) is 0.532. The van der Waals surface area contributed by atoms with E-state index in [9.17, 15) is 13.0 Å². The Labute approximate surface area is 147 Å². The third kappa shape index (κ3) is 6.37. The van der Waals surface area contributed by atoms with Crippen LogP contribution in [0.5, 0.6) is 5.75 Å². The van der Waals surface area contributed by atoms with Crippen LogP contribution in [0.3, 0.4) is 0 Å². The van der Waals surface area contributed by atoms with Crippen LogP contribution in [0.1, 0.15) is 5.56 Å². The summed E-state index contributed by atoms with van der Waals surface area (Å²) in [6.45, 7) is 0.894. The zero-order valence-electron chi connectivity index (χ0n) is 13.8. The van der Waals surface area contributed by atoms with Crippen LogP contribution in [0, 0.1) is 0 Å². The van der Waals surface area contributed by atoms with Gasteiger partial charge in [-0.3, -0.25) is 0 Å². The van der Waals surface area contributed by atoms with E-state index in [0.29, 0.717) is 0 Å². The fourth-order valence-corrected chi connectivity index (χ4v) is 2.56. The molecule has 25 heavy (non-hydrogen) atoms. The lowest BCUT2D eigenvalue weighted by Gasteiger charge is -2.04. The van der Waals surface area contributed by atoms with E-state index in [-0.39, 0.29) is 4.90 Å². The number of nitrogens with zero attached hydrogens (tertiary/aromatic N) is 1. The minimum atomic E-state index is -4.25. The summed E-state index contributed by atoms with van der Waals surface area (Å²) in [5.74, 6) is 0.900. The average molecular weight is 357 g/mol. The summed E-state index contributed by atoms with van der Waals surface area (Å²) >= 11 is 0. The molecule has 0 aliphatic rings. The molecule has 0 amide bonds. The molecular formula is C19H19NO4S. The van der Waals surface area contributed by atoms with Crippen molar-refractivity contribution >= 4 is 10.1 Å². The van der Waals surface area contributed by atoms with Gasteiger partial charge < -0.3 is 9.29 Å². The minimum Gasteiger partial charge on any atom is -0.744 e. The van der Waals surface area contributed by atoms with Gasteiger partial charge in [-0.15, -0.1) is 0 Å². The number of aromatic nitrogens is 1. The lowest BCUT2D eigenvalue weighted by atomic mass is 10.2. The molecule has 6 heteroatoms. The smallest absolute Gasteiger partial charge is 0.173 e. The Morgan fingerprint density at radius 2 is 1.44 bits per heavy atom. The molecule has 0 saturated carbocycles. The SMILES string of the molecule is COc1ccc(C[n+]2ccccc2)cc1.O=S(=O)([O-])c1ccccc1. The third-order valence-corrected chi connectivity index (χ3v) is 4.18. The largest absolute Gasteiger partial charge is 0.744 e. The first-order valence-corrected chi connectivity index (χ1v) is 8.98. The summed E-state index contributed by atoms with van der Waals surface area (Å²) in [7, 11) is -2.57. The zero-order chi connectivity index (χ0) is 18.1. The molecule has 2 aromatic carbocycles. The van der Waals surface area contributed by atoms with Crippen molar-refractivity contribution in [2.45, 2.75) is 11.4 Å². The highest BCUT2D eigenvalue weighted by molar-refractivity contribution is 7.85. The lowest BCUT2D eigenvalue weighted by molar-refractivity contribution is -0.688. The highest BCUT2D eigenvalue weighted by Gasteiger charge is 2.00. The van der Waals surface area contributed by atoms with Crippen LogP contribution in [-0.2, 0) is 16.7 Å². The van der Waals surface area contributed by atoms with E-state index in [0.717, 1.165) is 12.3 Å². The highest BCUT2D eigenvalue weighted by Crippen LogP contribution is 2.10. The van der Waals surface area contributed by atoms with Crippen molar-refractivity contribution in [2.75, 3.05) is 7.11 Å². The fraction of sp³-hybridized carbons (Fsp3) is 0.105. The molecule has 5 nitrogen and oxygen atoms in total. The number of hydrogen-bond acceptors (Lipinski definition) is 4. The van der Waals surface area contributed by atoms with E-state index in [1.54, 1.807) is 13.2 Å². The topological polar surface area (TPSA) is 70.3 Å². The molecule has 0 unspecified atom stereocenters. The zero-order valence-corrected chi connectivity index (χ0v) is 14.6. The Morgan fingerprint density at radius 3 is 1.92 bits per heavy atom. The summed E-state index contributed by atoms with van der Waals surface area (Å²) in [6, 6.07) is 21.4. The van der Waals surface area contributed by atoms with Crippen LogP contribution in [0.25, 0.3) is 0 Å². The van der Waals surface area contributed by atoms with Gasteiger partial charge in [-0.25, -0.2) is 13.0 Å². The van der Waals surface area contributed by atoms with Crippen LogP contribution in [0.4, 0.5) is 0 Å². The van der Waals surface area contributed by atoms with E-state index < -0.39 is 10.1 Å². The molecule has 0 N–H and O–H groups in total. The molecule has 0 saturated heterocycles. The summed E-state index contributed by atoms with van der Waals surface area (Å²) < 4.78 is 38.1. The maximum atomic E-state index is 10.3. The highest BCUT2D eigenvalue weighted by atomic mass is 32.2. The van der Waals surface area contributed by atoms with Crippen molar-refractivity contribution in [3.05, 3.63) is 90.8 Å². The van der Waals surface area contributed by atoms with Crippen LogP contribution in [0.15, 0.2) is 90.1 Å². The monoisotopic (exact) mass is 357 g/mol. The molecule has 0 radical (unpaired) electrons.